The lowest BCUT2D eigenvalue weighted by Crippen LogP contribution is -2.44. The van der Waals surface area contributed by atoms with E-state index in [4.69, 9.17) is 18.6 Å². The predicted octanol–water partition coefficient (Wildman–Crippen LogP) is 7.16. The molecular formula is C27H43IO5Si. The lowest BCUT2D eigenvalue weighted by atomic mass is 10.0. The predicted molar refractivity (Wildman–Crippen MR) is 149 cm³/mol. The molecule has 5 atom stereocenters. The standard InChI is InChI=1S/C27H43IO5Si/c1-19(20(2)33-34(8,9)26(3,4)5)15-16-22(30-25(29)21-13-11-10-12-14-21)24-23(17-18-28)31-27(6,7)32-24/h10-16,19-20,22-24H,17-18H2,1-9H3/b16-15-/t19-,20-,22?,23+,24-/m1/s1. The number of carbonyl (C=O) groups excluding carboxylic acids is 1. The van der Waals surface area contributed by atoms with Gasteiger partial charge < -0.3 is 18.6 Å². The third-order valence-corrected chi connectivity index (χ3v) is 12.0. The lowest BCUT2D eigenvalue weighted by Gasteiger charge is -2.39. The zero-order chi connectivity index (χ0) is 25.7. The number of esters is 1. The van der Waals surface area contributed by atoms with Crippen LogP contribution in [0.25, 0.3) is 0 Å². The molecule has 0 radical (unpaired) electrons. The van der Waals surface area contributed by atoms with Crippen molar-refractivity contribution in [1.82, 2.24) is 0 Å². The van der Waals surface area contributed by atoms with Gasteiger partial charge in [0, 0.05) is 10.5 Å². The minimum Gasteiger partial charge on any atom is -0.452 e. The fourth-order valence-corrected chi connectivity index (χ4v) is 5.76. The Balaban J connectivity index is 2.24. The number of hydrogen-bond acceptors (Lipinski definition) is 5. The molecule has 0 bridgehead atoms. The summed E-state index contributed by atoms with van der Waals surface area (Å²) in [5.74, 6) is -0.947. The molecule has 0 saturated carbocycles. The van der Waals surface area contributed by atoms with Crippen molar-refractivity contribution in [1.29, 1.82) is 0 Å². The van der Waals surface area contributed by atoms with Crippen LogP contribution in [0, 0.1) is 5.92 Å². The Morgan fingerprint density at radius 1 is 1.15 bits per heavy atom. The average molecular weight is 603 g/mol. The molecular weight excluding hydrogens is 559 g/mol. The van der Waals surface area contributed by atoms with Crippen LogP contribution in [0.3, 0.4) is 0 Å². The molecule has 1 aliphatic heterocycles. The first-order valence-electron chi connectivity index (χ1n) is 12.2. The molecule has 1 aromatic rings. The van der Waals surface area contributed by atoms with E-state index in [0.29, 0.717) is 5.56 Å². The Hall–Kier alpha value is -0.743. The van der Waals surface area contributed by atoms with Crippen molar-refractivity contribution < 1.29 is 23.4 Å². The van der Waals surface area contributed by atoms with E-state index in [1.54, 1.807) is 12.1 Å². The highest BCUT2D eigenvalue weighted by Gasteiger charge is 2.45. The molecule has 1 saturated heterocycles. The van der Waals surface area contributed by atoms with Crippen LogP contribution in [0.5, 0.6) is 0 Å². The zero-order valence-electron chi connectivity index (χ0n) is 22.3. The van der Waals surface area contributed by atoms with Crippen molar-refractivity contribution in [2.24, 2.45) is 5.92 Å². The van der Waals surface area contributed by atoms with Crippen LogP contribution in [0.2, 0.25) is 18.1 Å². The molecule has 192 valence electrons. The SMILES string of the molecule is C[C@H](/C=C\C(OC(=O)c1ccccc1)[C@H]1OC(C)(C)O[C@H]1CCI)[C@@H](C)O[Si](C)(C)C(C)(C)C. The first-order chi connectivity index (χ1) is 15.7. The number of carbonyl (C=O) groups is 1. The summed E-state index contributed by atoms with van der Waals surface area (Å²) in [5.41, 5.74) is 0.521. The summed E-state index contributed by atoms with van der Waals surface area (Å²) < 4.78 is 25.9. The quantitative estimate of drug-likeness (QED) is 0.0936. The summed E-state index contributed by atoms with van der Waals surface area (Å²) in [6.07, 6.45) is 3.83. The largest absolute Gasteiger partial charge is 0.452 e. The van der Waals surface area contributed by atoms with E-state index in [1.165, 1.54) is 0 Å². The van der Waals surface area contributed by atoms with Crippen molar-refractivity contribution in [3.63, 3.8) is 0 Å². The normalized spacial score (nSPS) is 23.6. The van der Waals surface area contributed by atoms with Gasteiger partial charge in [-0.3, -0.25) is 0 Å². The molecule has 0 spiro atoms. The minimum atomic E-state index is -1.89. The van der Waals surface area contributed by atoms with Crippen molar-refractivity contribution in [3.8, 4) is 0 Å². The van der Waals surface area contributed by atoms with Gasteiger partial charge >= 0.3 is 5.97 Å². The van der Waals surface area contributed by atoms with Crippen LogP contribution >= 0.6 is 22.6 Å². The number of ether oxygens (including phenoxy) is 3. The smallest absolute Gasteiger partial charge is 0.338 e. The van der Waals surface area contributed by atoms with Gasteiger partial charge in [-0.1, -0.05) is 74.6 Å². The van der Waals surface area contributed by atoms with Gasteiger partial charge in [-0.15, -0.1) is 0 Å². The molecule has 1 heterocycles. The number of rotatable bonds is 10. The number of halogens is 1. The van der Waals surface area contributed by atoms with Crippen LogP contribution in [-0.4, -0.2) is 48.9 Å². The fraction of sp³-hybridized carbons (Fsp3) is 0.667. The maximum atomic E-state index is 12.9. The summed E-state index contributed by atoms with van der Waals surface area (Å²) >= 11 is 2.34. The maximum Gasteiger partial charge on any atom is 0.338 e. The Morgan fingerprint density at radius 3 is 2.32 bits per heavy atom. The van der Waals surface area contributed by atoms with Crippen molar-refractivity contribution in [3.05, 3.63) is 48.0 Å². The second-order valence-electron chi connectivity index (χ2n) is 11.2. The Kier molecular flexibility index (Phi) is 10.4. The highest BCUT2D eigenvalue weighted by molar-refractivity contribution is 14.1. The van der Waals surface area contributed by atoms with Gasteiger partial charge in [-0.2, -0.15) is 0 Å². The van der Waals surface area contributed by atoms with Crippen LogP contribution in [0.4, 0.5) is 0 Å². The molecule has 1 unspecified atom stereocenters. The summed E-state index contributed by atoms with van der Waals surface area (Å²) in [4.78, 5) is 12.9. The molecule has 0 aromatic heterocycles. The van der Waals surface area contributed by atoms with Crippen molar-refractivity contribution in [2.75, 3.05) is 4.43 Å². The van der Waals surface area contributed by atoms with E-state index < -0.39 is 20.2 Å². The van der Waals surface area contributed by atoms with Gasteiger partial charge in [0.15, 0.2) is 14.1 Å². The van der Waals surface area contributed by atoms with Gasteiger partial charge in [-0.05, 0) is 69.5 Å². The molecule has 1 aromatic carbocycles. The van der Waals surface area contributed by atoms with E-state index in [9.17, 15) is 4.79 Å². The molecule has 1 aliphatic rings. The van der Waals surface area contributed by atoms with Gasteiger partial charge in [0.05, 0.1) is 11.7 Å². The van der Waals surface area contributed by atoms with E-state index in [0.717, 1.165) is 10.8 Å². The first kappa shape index (κ1) is 29.5. The van der Waals surface area contributed by atoms with Crippen LogP contribution in [0.1, 0.15) is 65.2 Å². The Morgan fingerprint density at radius 2 is 1.76 bits per heavy atom. The van der Waals surface area contributed by atoms with Gasteiger partial charge in [0.1, 0.15) is 12.2 Å². The second-order valence-corrected chi connectivity index (χ2v) is 17.0. The second kappa shape index (κ2) is 12.0. The minimum absolute atomic E-state index is 0.0462. The lowest BCUT2D eigenvalue weighted by molar-refractivity contribution is -0.153. The van der Waals surface area contributed by atoms with E-state index in [2.05, 4.69) is 76.4 Å². The monoisotopic (exact) mass is 602 g/mol. The highest BCUT2D eigenvalue weighted by atomic mass is 127. The van der Waals surface area contributed by atoms with Crippen LogP contribution in [0.15, 0.2) is 42.5 Å². The van der Waals surface area contributed by atoms with Crippen LogP contribution in [-0.2, 0) is 18.6 Å². The summed E-state index contributed by atoms with van der Waals surface area (Å²) in [7, 11) is -1.89. The summed E-state index contributed by atoms with van der Waals surface area (Å²) in [6, 6.07) is 9.08. The van der Waals surface area contributed by atoms with Gasteiger partial charge in [-0.25, -0.2) is 4.79 Å². The topological polar surface area (TPSA) is 54.0 Å². The molecule has 0 aliphatic carbocycles. The average Bonchev–Trinajstić information content (AvgIpc) is 3.04. The number of hydrogen-bond donors (Lipinski definition) is 0. The third kappa shape index (κ3) is 8.15. The van der Waals surface area contributed by atoms with Gasteiger partial charge in [0.2, 0.25) is 0 Å². The summed E-state index contributed by atoms with van der Waals surface area (Å²) in [6.45, 7) is 19.4. The van der Waals surface area contributed by atoms with Crippen LogP contribution < -0.4 is 0 Å². The van der Waals surface area contributed by atoms with E-state index in [1.807, 2.05) is 38.1 Å². The Labute approximate surface area is 221 Å². The molecule has 7 heteroatoms. The molecule has 0 N–H and O–H groups in total. The van der Waals surface area contributed by atoms with Gasteiger partial charge in [0.25, 0.3) is 0 Å². The first-order valence-corrected chi connectivity index (χ1v) is 16.6. The fourth-order valence-electron chi connectivity index (χ4n) is 3.64. The molecule has 0 amide bonds. The van der Waals surface area contributed by atoms with Crippen molar-refractivity contribution in [2.45, 2.75) is 103 Å². The molecule has 5 nitrogen and oxygen atoms in total. The summed E-state index contributed by atoms with van der Waals surface area (Å²) in [5, 5.41) is 0.145. The molecule has 2 rings (SSSR count). The third-order valence-electron chi connectivity index (χ3n) is 6.82. The van der Waals surface area contributed by atoms with E-state index in [-0.39, 0.29) is 35.2 Å². The van der Waals surface area contributed by atoms with E-state index >= 15 is 0 Å². The molecule has 34 heavy (non-hydrogen) atoms. The zero-order valence-corrected chi connectivity index (χ0v) is 25.4. The number of alkyl halides is 1. The number of benzene rings is 1. The molecule has 1 fully saturated rings. The highest BCUT2D eigenvalue weighted by Crippen LogP contribution is 2.38. The van der Waals surface area contributed by atoms with Crippen molar-refractivity contribution >= 4 is 36.9 Å². The Bertz CT molecular complexity index is 818. The maximum absolute atomic E-state index is 12.9.